The Balaban J connectivity index is 1.82. The van der Waals surface area contributed by atoms with Crippen LogP contribution in [-0.2, 0) is 11.3 Å². The van der Waals surface area contributed by atoms with Crippen LogP contribution in [0.1, 0.15) is 18.9 Å². The number of pyridine rings is 1. The summed E-state index contributed by atoms with van der Waals surface area (Å²) in [5, 5.41) is 11.1. The van der Waals surface area contributed by atoms with Crippen LogP contribution in [0.3, 0.4) is 0 Å². The molecular weight excluding hydrogens is 348 g/mol. The van der Waals surface area contributed by atoms with Gasteiger partial charge in [0.25, 0.3) is 0 Å². The summed E-state index contributed by atoms with van der Waals surface area (Å²) in [6.07, 6.45) is 1.79. The molecule has 0 fully saturated rings. The molecule has 8 nitrogen and oxygen atoms in total. The number of methoxy groups -OCH3 is 1. The Labute approximate surface area is 155 Å². The first-order valence-corrected chi connectivity index (χ1v) is 8.72. The fourth-order valence-electron chi connectivity index (χ4n) is 3.06. The molecule has 4 rings (SSSR count). The highest BCUT2D eigenvalue weighted by atomic mass is 16.5. The van der Waals surface area contributed by atoms with Gasteiger partial charge in [-0.15, -0.1) is 0 Å². The number of amides is 1. The number of hydrogen-bond acceptors (Lipinski definition) is 6. The summed E-state index contributed by atoms with van der Waals surface area (Å²) >= 11 is 0. The molecule has 0 saturated carbocycles. The van der Waals surface area contributed by atoms with Gasteiger partial charge in [0.1, 0.15) is 18.1 Å². The van der Waals surface area contributed by atoms with Crippen LogP contribution >= 0.6 is 0 Å². The number of alkyl carbamates (subject to hydrolysis) is 1. The van der Waals surface area contributed by atoms with Crippen LogP contribution in [-0.4, -0.2) is 41.0 Å². The van der Waals surface area contributed by atoms with Gasteiger partial charge in [-0.25, -0.2) is 9.78 Å². The molecule has 1 aliphatic heterocycles. The summed E-state index contributed by atoms with van der Waals surface area (Å²) in [6, 6.07) is 7.67. The average Bonchev–Trinajstić information content (AvgIpc) is 3.08. The number of aromatic amines is 1. The Morgan fingerprint density at radius 3 is 3.04 bits per heavy atom. The Morgan fingerprint density at radius 1 is 1.30 bits per heavy atom. The number of ether oxygens (including phenoxy) is 3. The summed E-state index contributed by atoms with van der Waals surface area (Å²) in [5.74, 6) is 1.16. The normalized spacial score (nSPS) is 17.4. The lowest BCUT2D eigenvalue weighted by Gasteiger charge is -2.15. The number of carbonyl (C=O) groups is 1. The maximum absolute atomic E-state index is 11.9. The van der Waals surface area contributed by atoms with Crippen LogP contribution in [0.15, 0.2) is 30.5 Å². The smallest absolute Gasteiger partial charge is 0.407 e. The highest BCUT2D eigenvalue weighted by Gasteiger charge is 2.16. The minimum Gasteiger partial charge on any atom is -0.491 e. The van der Waals surface area contributed by atoms with E-state index in [1.54, 1.807) is 6.20 Å². The number of benzene rings is 1. The van der Waals surface area contributed by atoms with Crippen molar-refractivity contribution in [1.82, 2.24) is 20.5 Å². The second-order valence-electron chi connectivity index (χ2n) is 6.39. The molecule has 0 radical (unpaired) electrons. The molecule has 0 aliphatic carbocycles. The van der Waals surface area contributed by atoms with E-state index >= 15 is 0 Å². The number of aromatic nitrogens is 3. The third-order valence-corrected chi connectivity index (χ3v) is 4.44. The molecule has 3 heterocycles. The summed E-state index contributed by atoms with van der Waals surface area (Å²) < 4.78 is 16.6. The van der Waals surface area contributed by atoms with Crippen molar-refractivity contribution in [3.05, 3.63) is 36.0 Å². The quantitative estimate of drug-likeness (QED) is 0.685. The summed E-state index contributed by atoms with van der Waals surface area (Å²) in [6.45, 7) is 2.47. The Bertz CT molecular complexity index is 985. The zero-order chi connectivity index (χ0) is 18.8. The molecule has 0 spiro atoms. The minimum absolute atomic E-state index is 0.0511. The topological polar surface area (TPSA) is 98.4 Å². The highest BCUT2D eigenvalue weighted by molar-refractivity contribution is 5.93. The molecule has 8 heteroatoms. The van der Waals surface area contributed by atoms with Gasteiger partial charge < -0.3 is 19.5 Å². The van der Waals surface area contributed by atoms with Gasteiger partial charge in [0.05, 0.1) is 24.3 Å². The van der Waals surface area contributed by atoms with E-state index in [1.807, 2.05) is 31.2 Å². The van der Waals surface area contributed by atoms with Crippen LogP contribution in [0.2, 0.25) is 0 Å². The molecule has 0 unspecified atom stereocenters. The number of hydrogen-bond donors (Lipinski definition) is 2. The monoisotopic (exact) mass is 368 g/mol. The first-order valence-electron chi connectivity index (χ1n) is 8.72. The molecule has 4 bridgehead atoms. The van der Waals surface area contributed by atoms with Gasteiger partial charge in [-0.3, -0.25) is 5.10 Å². The first kappa shape index (κ1) is 17.1. The van der Waals surface area contributed by atoms with Crippen molar-refractivity contribution in [3.8, 4) is 22.9 Å². The zero-order valence-electron chi connectivity index (χ0n) is 15.1. The van der Waals surface area contributed by atoms with Crippen molar-refractivity contribution in [2.45, 2.75) is 26.1 Å². The number of carbonyl (C=O) groups excluding carboxylic acids is 1. The van der Waals surface area contributed by atoms with Gasteiger partial charge in [0.15, 0.2) is 0 Å². The Morgan fingerprint density at radius 2 is 2.19 bits per heavy atom. The number of nitrogens with one attached hydrogen (secondary N) is 2. The van der Waals surface area contributed by atoms with Crippen LogP contribution in [0.25, 0.3) is 22.2 Å². The van der Waals surface area contributed by atoms with Crippen molar-refractivity contribution < 1.29 is 19.0 Å². The van der Waals surface area contributed by atoms with E-state index in [9.17, 15) is 4.79 Å². The SMILES string of the molecule is COc1ncc2cc1COC(=O)NCC[C@@H](C)Oc1ccc3[nH]nc-2c3c1. The lowest BCUT2D eigenvalue weighted by molar-refractivity contribution is 0.136. The largest absolute Gasteiger partial charge is 0.491 e. The maximum Gasteiger partial charge on any atom is 0.407 e. The van der Waals surface area contributed by atoms with Crippen molar-refractivity contribution >= 4 is 17.0 Å². The lowest BCUT2D eigenvalue weighted by atomic mass is 10.1. The average molecular weight is 368 g/mol. The molecular formula is C19H20N4O4. The fourth-order valence-corrected chi connectivity index (χ4v) is 3.06. The van der Waals surface area contributed by atoms with E-state index in [2.05, 4.69) is 20.5 Å². The van der Waals surface area contributed by atoms with E-state index in [0.29, 0.717) is 24.4 Å². The number of fused-ring (bicyclic) bond motifs is 4. The van der Waals surface area contributed by atoms with Crippen LogP contribution in [0.4, 0.5) is 4.79 Å². The molecule has 27 heavy (non-hydrogen) atoms. The summed E-state index contributed by atoms with van der Waals surface area (Å²) in [5.41, 5.74) is 3.11. The molecule has 2 aromatic heterocycles. The van der Waals surface area contributed by atoms with E-state index in [1.165, 1.54) is 7.11 Å². The van der Waals surface area contributed by atoms with E-state index in [-0.39, 0.29) is 12.7 Å². The number of cyclic esters (lactones) is 1. The van der Waals surface area contributed by atoms with Crippen LogP contribution < -0.4 is 14.8 Å². The molecule has 1 amide bonds. The molecule has 3 aromatic rings. The number of nitrogens with zero attached hydrogens (tertiary/aromatic N) is 2. The standard InChI is InChI=1S/C19H20N4O4/c1-11-5-6-20-19(24)26-10-13-7-12(9-21-18(13)25-2)17-15-8-14(27-11)3-4-16(15)22-23-17/h3-4,7-9,11H,5-6,10H2,1-2H3,(H,20,24)(H,22,23)/t11-/m1/s1. The third kappa shape index (κ3) is 3.51. The Kier molecular flexibility index (Phi) is 4.53. The number of rotatable bonds is 1. The van der Waals surface area contributed by atoms with E-state index in [0.717, 1.165) is 27.9 Å². The second kappa shape index (κ2) is 7.14. The van der Waals surface area contributed by atoms with Crippen molar-refractivity contribution in [2.24, 2.45) is 0 Å². The van der Waals surface area contributed by atoms with Crippen molar-refractivity contribution in [1.29, 1.82) is 0 Å². The van der Waals surface area contributed by atoms with E-state index < -0.39 is 6.09 Å². The predicted octanol–water partition coefficient (Wildman–Crippen LogP) is 3.03. The van der Waals surface area contributed by atoms with Gasteiger partial charge in [-0.2, -0.15) is 5.10 Å². The zero-order valence-corrected chi connectivity index (χ0v) is 15.1. The van der Waals surface area contributed by atoms with Gasteiger partial charge in [0.2, 0.25) is 5.88 Å². The Hall–Kier alpha value is -3.29. The number of H-pyrrole nitrogens is 1. The summed E-state index contributed by atoms with van der Waals surface area (Å²) in [7, 11) is 1.53. The second-order valence-corrected chi connectivity index (χ2v) is 6.39. The van der Waals surface area contributed by atoms with Crippen LogP contribution in [0, 0.1) is 0 Å². The van der Waals surface area contributed by atoms with Gasteiger partial charge in [-0.1, -0.05) is 0 Å². The molecule has 1 aliphatic rings. The molecule has 1 atom stereocenters. The molecule has 140 valence electrons. The highest BCUT2D eigenvalue weighted by Crippen LogP contribution is 2.31. The van der Waals surface area contributed by atoms with Gasteiger partial charge in [0, 0.05) is 30.1 Å². The van der Waals surface area contributed by atoms with Crippen molar-refractivity contribution in [2.75, 3.05) is 13.7 Å². The van der Waals surface area contributed by atoms with E-state index in [4.69, 9.17) is 14.2 Å². The third-order valence-electron chi connectivity index (χ3n) is 4.44. The minimum atomic E-state index is -0.493. The lowest BCUT2D eigenvalue weighted by Crippen LogP contribution is -2.28. The maximum atomic E-state index is 11.9. The predicted molar refractivity (Wildman–Crippen MR) is 98.8 cm³/mol. The molecule has 2 N–H and O–H groups in total. The molecule has 1 aromatic carbocycles. The van der Waals surface area contributed by atoms with Crippen molar-refractivity contribution in [3.63, 3.8) is 0 Å². The van der Waals surface area contributed by atoms with Crippen LogP contribution in [0.5, 0.6) is 11.6 Å². The molecule has 0 saturated heterocycles. The summed E-state index contributed by atoms with van der Waals surface area (Å²) in [4.78, 5) is 16.3. The fraction of sp³-hybridized carbons (Fsp3) is 0.316. The van der Waals surface area contributed by atoms with Gasteiger partial charge >= 0.3 is 6.09 Å². The van der Waals surface area contributed by atoms with Gasteiger partial charge in [-0.05, 0) is 31.2 Å². The first-order chi connectivity index (χ1) is 13.1.